The van der Waals surface area contributed by atoms with Crippen LogP contribution in [-0.4, -0.2) is 50.7 Å². The second kappa shape index (κ2) is 8.17. The minimum Gasteiger partial charge on any atom is -0.377 e. The molecule has 1 unspecified atom stereocenters. The SMILES string of the molecule is CN=C(NCc1cn(C)nc1C(F)(F)F)NC1CCc2nc(COC)nn2C1. The van der Waals surface area contributed by atoms with E-state index in [0.717, 1.165) is 23.3 Å². The average Bonchev–Trinajstić information content (AvgIpc) is 3.20. The first-order valence-corrected chi connectivity index (χ1v) is 8.78. The summed E-state index contributed by atoms with van der Waals surface area (Å²) in [4.78, 5) is 8.53. The summed E-state index contributed by atoms with van der Waals surface area (Å²) in [5, 5.41) is 14.1. The topological polar surface area (TPSA) is 94.2 Å². The van der Waals surface area contributed by atoms with Gasteiger partial charge in [-0.1, -0.05) is 0 Å². The number of alkyl halides is 3. The number of nitrogens with one attached hydrogen (secondary N) is 2. The second-order valence-corrected chi connectivity index (χ2v) is 6.54. The smallest absolute Gasteiger partial charge is 0.377 e. The van der Waals surface area contributed by atoms with Crippen molar-refractivity contribution < 1.29 is 17.9 Å². The fourth-order valence-corrected chi connectivity index (χ4v) is 3.14. The Morgan fingerprint density at radius 3 is 2.86 bits per heavy atom. The zero-order valence-electron chi connectivity index (χ0n) is 15.9. The Morgan fingerprint density at radius 2 is 2.18 bits per heavy atom. The van der Waals surface area contributed by atoms with Crippen molar-refractivity contribution in [3.8, 4) is 0 Å². The van der Waals surface area contributed by atoms with Crippen molar-refractivity contribution in [2.45, 2.75) is 44.8 Å². The number of halogens is 3. The molecule has 0 bridgehead atoms. The first-order chi connectivity index (χ1) is 13.3. The molecule has 2 aromatic heterocycles. The maximum atomic E-state index is 13.1. The highest BCUT2D eigenvalue weighted by Crippen LogP contribution is 2.30. The van der Waals surface area contributed by atoms with Crippen molar-refractivity contribution in [2.75, 3.05) is 14.2 Å². The van der Waals surface area contributed by atoms with Crippen LogP contribution in [0.2, 0.25) is 0 Å². The number of aromatic nitrogens is 5. The van der Waals surface area contributed by atoms with E-state index in [1.807, 2.05) is 4.68 Å². The van der Waals surface area contributed by atoms with E-state index < -0.39 is 11.9 Å². The van der Waals surface area contributed by atoms with E-state index in [1.165, 1.54) is 13.2 Å². The Bertz CT molecular complexity index is 842. The third-order valence-electron chi connectivity index (χ3n) is 4.36. The van der Waals surface area contributed by atoms with E-state index in [-0.39, 0.29) is 18.2 Å². The van der Waals surface area contributed by atoms with Gasteiger partial charge in [-0.15, -0.1) is 0 Å². The lowest BCUT2D eigenvalue weighted by atomic mass is 10.1. The molecule has 3 heterocycles. The number of ether oxygens (including phenoxy) is 1. The molecule has 0 saturated heterocycles. The van der Waals surface area contributed by atoms with E-state index in [4.69, 9.17) is 4.74 Å². The standard InChI is InChI=1S/C16H23F3N8O/c1-20-15(21-6-10-7-26(2)25-14(10)16(17,18)19)22-11-4-5-13-23-12(9-28-3)24-27(13)8-11/h7,11H,4-6,8-9H2,1-3H3,(H2,20,21,22). The molecule has 0 aromatic carbocycles. The maximum absolute atomic E-state index is 13.1. The van der Waals surface area contributed by atoms with Gasteiger partial charge in [0.2, 0.25) is 0 Å². The Balaban J connectivity index is 1.60. The Labute approximate surface area is 160 Å². The van der Waals surface area contributed by atoms with E-state index in [1.54, 1.807) is 14.2 Å². The summed E-state index contributed by atoms with van der Waals surface area (Å²) < 4.78 is 47.2. The quantitative estimate of drug-likeness (QED) is 0.571. The molecule has 0 aliphatic carbocycles. The van der Waals surface area contributed by atoms with Crippen LogP contribution in [0.3, 0.4) is 0 Å². The zero-order chi connectivity index (χ0) is 20.3. The lowest BCUT2D eigenvalue weighted by molar-refractivity contribution is -0.142. The normalized spacial score (nSPS) is 17.5. The molecule has 1 aliphatic heterocycles. The number of aliphatic imine (C=N–C) groups is 1. The van der Waals surface area contributed by atoms with Crippen molar-refractivity contribution in [2.24, 2.45) is 12.0 Å². The summed E-state index contributed by atoms with van der Waals surface area (Å²) in [6, 6.07) is 0.0341. The monoisotopic (exact) mass is 400 g/mol. The van der Waals surface area contributed by atoms with E-state index in [0.29, 0.717) is 24.9 Å². The molecule has 28 heavy (non-hydrogen) atoms. The fraction of sp³-hybridized carbons (Fsp3) is 0.625. The van der Waals surface area contributed by atoms with Crippen molar-refractivity contribution in [1.82, 2.24) is 35.2 Å². The number of methoxy groups -OCH3 is 1. The van der Waals surface area contributed by atoms with Gasteiger partial charge < -0.3 is 15.4 Å². The largest absolute Gasteiger partial charge is 0.435 e. The van der Waals surface area contributed by atoms with Gasteiger partial charge in [-0.25, -0.2) is 9.67 Å². The molecule has 2 N–H and O–H groups in total. The summed E-state index contributed by atoms with van der Waals surface area (Å²) in [6.45, 7) is 0.906. The molecule has 12 heteroatoms. The van der Waals surface area contributed by atoms with Gasteiger partial charge in [0.15, 0.2) is 17.5 Å². The third kappa shape index (κ3) is 4.61. The van der Waals surface area contributed by atoms with Gasteiger partial charge in [0.05, 0.1) is 6.54 Å². The van der Waals surface area contributed by atoms with E-state index >= 15 is 0 Å². The van der Waals surface area contributed by atoms with Gasteiger partial charge >= 0.3 is 6.18 Å². The number of aryl methyl sites for hydroxylation is 2. The molecule has 3 rings (SSSR count). The molecule has 0 spiro atoms. The number of nitrogens with zero attached hydrogens (tertiary/aromatic N) is 6. The highest BCUT2D eigenvalue weighted by molar-refractivity contribution is 5.80. The molecular weight excluding hydrogens is 377 g/mol. The summed E-state index contributed by atoms with van der Waals surface area (Å²) in [5.41, 5.74) is -0.835. The van der Waals surface area contributed by atoms with Crippen LogP contribution in [0.15, 0.2) is 11.2 Å². The maximum Gasteiger partial charge on any atom is 0.435 e. The molecule has 0 radical (unpaired) electrons. The highest BCUT2D eigenvalue weighted by Gasteiger charge is 2.36. The second-order valence-electron chi connectivity index (χ2n) is 6.54. The van der Waals surface area contributed by atoms with Crippen LogP contribution in [-0.2, 0) is 44.1 Å². The highest BCUT2D eigenvalue weighted by atomic mass is 19.4. The average molecular weight is 400 g/mol. The molecule has 1 atom stereocenters. The molecule has 0 fully saturated rings. The van der Waals surface area contributed by atoms with Gasteiger partial charge in [0.1, 0.15) is 12.4 Å². The fourth-order valence-electron chi connectivity index (χ4n) is 3.14. The van der Waals surface area contributed by atoms with Crippen molar-refractivity contribution in [1.29, 1.82) is 0 Å². The van der Waals surface area contributed by atoms with E-state index in [2.05, 4.69) is 30.8 Å². The van der Waals surface area contributed by atoms with Crippen molar-refractivity contribution >= 4 is 5.96 Å². The molecule has 1 aliphatic rings. The van der Waals surface area contributed by atoms with Crippen LogP contribution >= 0.6 is 0 Å². The van der Waals surface area contributed by atoms with Gasteiger partial charge in [0.25, 0.3) is 0 Å². The van der Waals surface area contributed by atoms with Crippen molar-refractivity contribution in [3.63, 3.8) is 0 Å². The van der Waals surface area contributed by atoms with Gasteiger partial charge in [-0.3, -0.25) is 9.67 Å². The first kappa shape index (κ1) is 20.1. The van der Waals surface area contributed by atoms with Crippen LogP contribution < -0.4 is 10.6 Å². The summed E-state index contributed by atoms with van der Waals surface area (Å²) in [6.07, 6.45) is -1.59. The Hall–Kier alpha value is -2.63. The van der Waals surface area contributed by atoms with Gasteiger partial charge in [-0.05, 0) is 6.42 Å². The predicted molar refractivity (Wildman–Crippen MR) is 94.4 cm³/mol. The molecule has 2 aromatic rings. The Morgan fingerprint density at radius 1 is 1.39 bits per heavy atom. The Kier molecular flexibility index (Phi) is 5.87. The van der Waals surface area contributed by atoms with Crippen LogP contribution in [0.25, 0.3) is 0 Å². The van der Waals surface area contributed by atoms with Crippen LogP contribution in [0.5, 0.6) is 0 Å². The molecule has 0 saturated carbocycles. The summed E-state index contributed by atoms with van der Waals surface area (Å²) in [7, 11) is 4.62. The third-order valence-corrected chi connectivity index (χ3v) is 4.36. The number of rotatable bonds is 5. The molecular formula is C16H23F3N8O. The predicted octanol–water partition coefficient (Wildman–Crippen LogP) is 0.857. The zero-order valence-corrected chi connectivity index (χ0v) is 15.9. The lowest BCUT2D eigenvalue weighted by Gasteiger charge is -2.25. The van der Waals surface area contributed by atoms with Crippen LogP contribution in [0.1, 0.15) is 29.3 Å². The molecule has 0 amide bonds. The molecule has 154 valence electrons. The van der Waals surface area contributed by atoms with Gasteiger partial charge in [-0.2, -0.15) is 23.4 Å². The van der Waals surface area contributed by atoms with Gasteiger partial charge in [0, 0.05) is 52.0 Å². The molecule has 9 nitrogen and oxygen atoms in total. The lowest BCUT2D eigenvalue weighted by Crippen LogP contribution is -2.46. The number of guanidine groups is 1. The minimum absolute atomic E-state index is 0.0341. The first-order valence-electron chi connectivity index (χ1n) is 8.78. The number of fused-ring (bicyclic) bond motifs is 1. The van der Waals surface area contributed by atoms with Crippen LogP contribution in [0, 0.1) is 0 Å². The summed E-state index contributed by atoms with van der Waals surface area (Å²) in [5.74, 6) is 1.96. The number of hydrogen-bond donors (Lipinski definition) is 2. The minimum atomic E-state index is -4.50. The van der Waals surface area contributed by atoms with Crippen LogP contribution in [0.4, 0.5) is 13.2 Å². The summed E-state index contributed by atoms with van der Waals surface area (Å²) >= 11 is 0. The van der Waals surface area contributed by atoms with Crippen molar-refractivity contribution in [3.05, 3.63) is 29.1 Å². The number of hydrogen-bond acceptors (Lipinski definition) is 5. The van der Waals surface area contributed by atoms with E-state index in [9.17, 15) is 13.2 Å².